The fraction of sp³-hybridized carbons (Fsp3) is 0.188. The number of hydrogen-bond donors (Lipinski definition) is 2. The molecule has 2 heterocycles. The van der Waals surface area contributed by atoms with Crippen LogP contribution in [0.2, 0.25) is 0 Å². The summed E-state index contributed by atoms with van der Waals surface area (Å²) in [5.74, 6) is 0.653. The van der Waals surface area contributed by atoms with Gasteiger partial charge in [-0.05, 0) is 29.7 Å². The molecule has 0 spiro atoms. The lowest BCUT2D eigenvalue weighted by Crippen LogP contribution is -2.14. The second kappa shape index (κ2) is 6.39. The van der Waals surface area contributed by atoms with Gasteiger partial charge in [-0.15, -0.1) is 0 Å². The van der Waals surface area contributed by atoms with Gasteiger partial charge in [-0.25, -0.2) is 18.5 Å². The molecule has 3 aromatic rings. The SMILES string of the molecule is NS(=O)(=O)Cc1ccc(CCNc2nccc3occc23)cc1. The summed E-state index contributed by atoms with van der Waals surface area (Å²) in [6.07, 6.45) is 4.14. The molecule has 3 N–H and O–H groups in total. The van der Waals surface area contributed by atoms with Crippen molar-refractivity contribution in [3.63, 3.8) is 0 Å². The summed E-state index contributed by atoms with van der Waals surface area (Å²) in [5, 5.41) is 9.28. The first-order valence-corrected chi connectivity index (χ1v) is 8.87. The van der Waals surface area contributed by atoms with Crippen molar-refractivity contribution < 1.29 is 12.8 Å². The predicted molar refractivity (Wildman–Crippen MR) is 89.5 cm³/mol. The van der Waals surface area contributed by atoms with Gasteiger partial charge in [0.1, 0.15) is 11.4 Å². The molecule has 0 aliphatic rings. The number of nitrogens with one attached hydrogen (secondary N) is 1. The molecule has 0 aliphatic heterocycles. The molecule has 3 rings (SSSR count). The molecule has 0 aliphatic carbocycles. The largest absolute Gasteiger partial charge is 0.464 e. The summed E-state index contributed by atoms with van der Waals surface area (Å²) in [6, 6.07) is 11.1. The molecule has 0 radical (unpaired) electrons. The molecule has 23 heavy (non-hydrogen) atoms. The van der Waals surface area contributed by atoms with E-state index in [4.69, 9.17) is 9.56 Å². The number of furan rings is 1. The van der Waals surface area contributed by atoms with Crippen LogP contribution in [0.25, 0.3) is 11.0 Å². The van der Waals surface area contributed by atoms with E-state index < -0.39 is 10.0 Å². The van der Waals surface area contributed by atoms with E-state index in [2.05, 4.69) is 10.3 Å². The first kappa shape index (κ1) is 15.5. The van der Waals surface area contributed by atoms with Gasteiger partial charge < -0.3 is 9.73 Å². The fourth-order valence-electron chi connectivity index (χ4n) is 2.40. The summed E-state index contributed by atoms with van der Waals surface area (Å²) >= 11 is 0. The number of pyridine rings is 1. The quantitative estimate of drug-likeness (QED) is 0.722. The van der Waals surface area contributed by atoms with E-state index >= 15 is 0 Å². The Bertz CT molecular complexity index is 902. The van der Waals surface area contributed by atoms with Gasteiger partial charge in [-0.2, -0.15) is 0 Å². The number of nitrogens with zero attached hydrogens (tertiary/aromatic N) is 1. The van der Waals surface area contributed by atoms with Gasteiger partial charge in [-0.3, -0.25) is 0 Å². The van der Waals surface area contributed by atoms with Gasteiger partial charge in [0, 0.05) is 12.7 Å². The van der Waals surface area contributed by atoms with E-state index in [0.29, 0.717) is 12.1 Å². The molecule has 2 aromatic heterocycles. The Kier molecular flexibility index (Phi) is 4.31. The number of fused-ring (bicyclic) bond motifs is 1. The van der Waals surface area contributed by atoms with Crippen LogP contribution in [0.4, 0.5) is 5.82 Å². The molecule has 120 valence electrons. The first-order chi connectivity index (χ1) is 11.0. The maximum Gasteiger partial charge on any atom is 0.213 e. The highest BCUT2D eigenvalue weighted by Crippen LogP contribution is 2.21. The van der Waals surface area contributed by atoms with Gasteiger partial charge in [0.15, 0.2) is 0 Å². The highest BCUT2D eigenvalue weighted by Gasteiger charge is 2.06. The average Bonchev–Trinajstić information content (AvgIpc) is 2.97. The van der Waals surface area contributed by atoms with Crippen molar-refractivity contribution in [2.75, 3.05) is 11.9 Å². The molecule has 7 heteroatoms. The third-order valence-electron chi connectivity index (χ3n) is 3.48. The average molecular weight is 331 g/mol. The van der Waals surface area contributed by atoms with Crippen LogP contribution in [-0.2, 0) is 22.2 Å². The molecule has 0 unspecified atom stereocenters. The molecule has 6 nitrogen and oxygen atoms in total. The second-order valence-corrected chi connectivity index (χ2v) is 6.91. The van der Waals surface area contributed by atoms with Gasteiger partial charge in [0.25, 0.3) is 0 Å². The molecule has 0 fully saturated rings. The molecule has 0 bridgehead atoms. The summed E-state index contributed by atoms with van der Waals surface area (Å²) in [7, 11) is -3.49. The summed E-state index contributed by atoms with van der Waals surface area (Å²) in [6.45, 7) is 0.714. The Morgan fingerprint density at radius 1 is 1.09 bits per heavy atom. The van der Waals surface area contributed by atoms with Crippen molar-refractivity contribution in [1.82, 2.24) is 4.98 Å². The van der Waals surface area contributed by atoms with Crippen molar-refractivity contribution >= 4 is 26.8 Å². The topological polar surface area (TPSA) is 98.2 Å². The van der Waals surface area contributed by atoms with E-state index in [-0.39, 0.29) is 5.75 Å². The van der Waals surface area contributed by atoms with Crippen LogP contribution in [0.15, 0.2) is 53.3 Å². The number of primary sulfonamides is 1. The van der Waals surface area contributed by atoms with Gasteiger partial charge in [-0.1, -0.05) is 24.3 Å². The first-order valence-electron chi connectivity index (χ1n) is 7.16. The highest BCUT2D eigenvalue weighted by atomic mass is 32.2. The zero-order valence-electron chi connectivity index (χ0n) is 12.4. The van der Waals surface area contributed by atoms with Gasteiger partial charge in [0.05, 0.1) is 17.4 Å². The predicted octanol–water partition coefficient (Wildman–Crippen LogP) is 2.27. The Morgan fingerprint density at radius 3 is 2.57 bits per heavy atom. The van der Waals surface area contributed by atoms with Crippen molar-refractivity contribution in [3.8, 4) is 0 Å². The van der Waals surface area contributed by atoms with E-state index in [9.17, 15) is 8.42 Å². The zero-order chi connectivity index (χ0) is 16.3. The summed E-state index contributed by atoms with van der Waals surface area (Å²) in [4.78, 5) is 4.31. The van der Waals surface area contributed by atoms with Crippen LogP contribution in [0.1, 0.15) is 11.1 Å². The number of benzene rings is 1. The Labute approximate surface area is 134 Å². The van der Waals surface area contributed by atoms with E-state index in [0.717, 1.165) is 28.8 Å². The Hall–Kier alpha value is -2.38. The third kappa shape index (κ3) is 4.08. The molecule has 0 amide bonds. The van der Waals surface area contributed by atoms with E-state index in [1.165, 1.54) is 0 Å². The normalized spacial score (nSPS) is 11.7. The number of aromatic nitrogens is 1. The van der Waals surface area contributed by atoms with Crippen molar-refractivity contribution in [2.45, 2.75) is 12.2 Å². The number of rotatable bonds is 6. The minimum absolute atomic E-state index is 0.141. The lowest BCUT2D eigenvalue weighted by molar-refractivity contribution is 0.597. The molecule has 0 atom stereocenters. The highest BCUT2D eigenvalue weighted by molar-refractivity contribution is 7.88. The molecule has 1 aromatic carbocycles. The monoisotopic (exact) mass is 331 g/mol. The maximum absolute atomic E-state index is 11.1. The Morgan fingerprint density at radius 2 is 1.83 bits per heavy atom. The molecule has 0 saturated carbocycles. The molecular formula is C16H17N3O3S. The Balaban J connectivity index is 1.59. The summed E-state index contributed by atoms with van der Waals surface area (Å²) in [5.41, 5.74) is 2.60. The van der Waals surface area contributed by atoms with Crippen LogP contribution < -0.4 is 10.5 Å². The van der Waals surface area contributed by atoms with Gasteiger partial charge >= 0.3 is 0 Å². The second-order valence-electron chi connectivity index (χ2n) is 5.29. The zero-order valence-corrected chi connectivity index (χ0v) is 13.2. The van der Waals surface area contributed by atoms with Crippen LogP contribution in [0, 0.1) is 0 Å². The lowest BCUT2D eigenvalue weighted by Gasteiger charge is -2.07. The minimum atomic E-state index is -3.49. The van der Waals surface area contributed by atoms with Crippen LogP contribution in [0.3, 0.4) is 0 Å². The van der Waals surface area contributed by atoms with Crippen molar-refractivity contribution in [1.29, 1.82) is 0 Å². The van der Waals surface area contributed by atoms with Crippen LogP contribution in [0.5, 0.6) is 0 Å². The van der Waals surface area contributed by atoms with Crippen molar-refractivity contribution in [2.24, 2.45) is 5.14 Å². The molecule has 0 saturated heterocycles. The lowest BCUT2D eigenvalue weighted by atomic mass is 10.1. The number of nitrogens with two attached hydrogens (primary N) is 1. The number of sulfonamides is 1. The van der Waals surface area contributed by atoms with E-state index in [1.54, 1.807) is 24.6 Å². The number of anilines is 1. The maximum atomic E-state index is 11.1. The minimum Gasteiger partial charge on any atom is -0.464 e. The van der Waals surface area contributed by atoms with E-state index in [1.807, 2.05) is 24.3 Å². The molecular weight excluding hydrogens is 314 g/mol. The van der Waals surface area contributed by atoms with Gasteiger partial charge in [0.2, 0.25) is 10.0 Å². The third-order valence-corrected chi connectivity index (χ3v) is 4.21. The number of hydrogen-bond acceptors (Lipinski definition) is 5. The summed E-state index contributed by atoms with van der Waals surface area (Å²) < 4.78 is 27.4. The standard InChI is InChI=1S/C16H17N3O3S/c17-23(20,21)11-13-3-1-12(2-4-13)5-8-18-16-14-7-10-22-15(14)6-9-19-16/h1-4,6-7,9-10H,5,8,11H2,(H,18,19)(H2,17,20,21). The van der Waals surface area contributed by atoms with Crippen LogP contribution >= 0.6 is 0 Å². The van der Waals surface area contributed by atoms with Crippen LogP contribution in [-0.4, -0.2) is 19.9 Å². The fourth-order valence-corrected chi connectivity index (χ4v) is 3.05. The van der Waals surface area contributed by atoms with Crippen molar-refractivity contribution in [3.05, 3.63) is 60.0 Å². The smallest absolute Gasteiger partial charge is 0.213 e.